The third kappa shape index (κ3) is 5.11. The molecule has 0 saturated heterocycles. The first-order valence-electron chi connectivity index (χ1n) is 9.50. The second-order valence-electron chi connectivity index (χ2n) is 8.19. The number of fused-ring (bicyclic) bond motifs is 1. The van der Waals surface area contributed by atoms with E-state index in [1.165, 1.54) is 19.2 Å². The van der Waals surface area contributed by atoms with E-state index in [4.69, 9.17) is 4.74 Å². The molecule has 0 aliphatic rings. The average Bonchev–Trinajstić information content (AvgIpc) is 3.02. The Morgan fingerprint density at radius 1 is 1.10 bits per heavy atom. The number of aromatic nitrogens is 1. The van der Waals surface area contributed by atoms with Crippen molar-refractivity contribution in [2.24, 2.45) is 4.99 Å². The first-order valence-corrected chi connectivity index (χ1v) is 12.2. The molecule has 1 heterocycles. The van der Waals surface area contributed by atoms with E-state index in [9.17, 15) is 18.0 Å². The minimum absolute atomic E-state index is 0.0367. The molecule has 0 spiro atoms. The summed E-state index contributed by atoms with van der Waals surface area (Å²) in [6.45, 7) is 6.12. The Bertz CT molecular complexity index is 1320. The molecule has 0 bridgehead atoms. The zero-order valence-corrected chi connectivity index (χ0v) is 19.6. The Labute approximate surface area is 184 Å². The highest BCUT2D eigenvalue weighted by Crippen LogP contribution is 2.23. The van der Waals surface area contributed by atoms with Gasteiger partial charge in [0.15, 0.2) is 14.6 Å². The van der Waals surface area contributed by atoms with Gasteiger partial charge in [-0.05, 0) is 41.3 Å². The maximum Gasteiger partial charge on any atom is 0.325 e. The predicted molar refractivity (Wildman–Crippen MR) is 120 cm³/mol. The van der Waals surface area contributed by atoms with Gasteiger partial charge in [-0.15, -0.1) is 0 Å². The second kappa shape index (κ2) is 8.39. The van der Waals surface area contributed by atoms with Crippen molar-refractivity contribution in [2.45, 2.75) is 37.6 Å². The molecule has 1 aromatic heterocycles. The SMILES string of the molecule is COC(=O)Cn1c(=NC(=O)c2ccc(C(C)(C)C)cc2)sc2cc(S(C)(=O)=O)ccc21. The number of thiazole rings is 1. The molecule has 7 nitrogen and oxygen atoms in total. The van der Waals surface area contributed by atoms with Crippen LogP contribution >= 0.6 is 11.3 Å². The number of rotatable bonds is 4. The number of carbonyl (C=O) groups excluding carboxylic acids is 2. The van der Waals surface area contributed by atoms with Gasteiger partial charge in [-0.3, -0.25) is 9.59 Å². The predicted octanol–water partition coefficient (Wildman–Crippen LogP) is 3.32. The van der Waals surface area contributed by atoms with Gasteiger partial charge >= 0.3 is 5.97 Å². The highest BCUT2D eigenvalue weighted by atomic mass is 32.2. The Morgan fingerprint density at radius 3 is 2.29 bits per heavy atom. The molecule has 2 aromatic carbocycles. The molecule has 0 aliphatic carbocycles. The lowest BCUT2D eigenvalue weighted by Crippen LogP contribution is -2.22. The van der Waals surface area contributed by atoms with Crippen molar-refractivity contribution in [3.05, 3.63) is 58.4 Å². The minimum atomic E-state index is -3.40. The van der Waals surface area contributed by atoms with Crippen molar-refractivity contribution in [1.29, 1.82) is 0 Å². The lowest BCUT2D eigenvalue weighted by molar-refractivity contribution is -0.141. The van der Waals surface area contributed by atoms with E-state index >= 15 is 0 Å². The Morgan fingerprint density at radius 2 is 1.74 bits per heavy atom. The van der Waals surface area contributed by atoms with Gasteiger partial charge in [0.25, 0.3) is 5.91 Å². The van der Waals surface area contributed by atoms with Crippen LogP contribution in [0.2, 0.25) is 0 Å². The smallest absolute Gasteiger partial charge is 0.325 e. The van der Waals surface area contributed by atoms with E-state index < -0.39 is 21.7 Å². The first kappa shape index (κ1) is 22.9. The van der Waals surface area contributed by atoms with Gasteiger partial charge in [0.1, 0.15) is 6.54 Å². The average molecular weight is 461 g/mol. The molecular formula is C22H24N2O5S2. The fourth-order valence-electron chi connectivity index (χ4n) is 2.98. The summed E-state index contributed by atoms with van der Waals surface area (Å²) >= 11 is 1.14. The van der Waals surface area contributed by atoms with Crippen LogP contribution in [0.3, 0.4) is 0 Å². The summed E-state index contributed by atoms with van der Waals surface area (Å²) in [5, 5.41) is 0. The number of hydrogen-bond acceptors (Lipinski definition) is 6. The van der Waals surface area contributed by atoms with Gasteiger partial charge in [-0.2, -0.15) is 4.99 Å². The van der Waals surface area contributed by atoms with Crippen LogP contribution in [0.5, 0.6) is 0 Å². The molecular weight excluding hydrogens is 436 g/mol. The van der Waals surface area contributed by atoms with E-state index in [1.807, 2.05) is 12.1 Å². The third-order valence-corrected chi connectivity index (χ3v) is 6.94. The van der Waals surface area contributed by atoms with Crippen molar-refractivity contribution in [3.8, 4) is 0 Å². The molecule has 0 saturated carbocycles. The normalized spacial score (nSPS) is 12.9. The van der Waals surface area contributed by atoms with Crippen molar-refractivity contribution < 1.29 is 22.7 Å². The van der Waals surface area contributed by atoms with Crippen LogP contribution in [0.15, 0.2) is 52.4 Å². The Kier molecular flexibility index (Phi) is 6.20. The zero-order chi connectivity index (χ0) is 23.0. The fourth-order valence-corrected chi connectivity index (χ4v) is 4.77. The van der Waals surface area contributed by atoms with Gasteiger partial charge < -0.3 is 9.30 Å². The number of benzene rings is 2. The number of ether oxygens (including phenoxy) is 1. The maximum atomic E-state index is 12.8. The summed E-state index contributed by atoms with van der Waals surface area (Å²) in [6, 6.07) is 11.8. The molecule has 31 heavy (non-hydrogen) atoms. The van der Waals surface area contributed by atoms with Crippen LogP contribution < -0.4 is 4.80 Å². The summed E-state index contributed by atoms with van der Waals surface area (Å²) in [7, 11) is -2.12. The van der Waals surface area contributed by atoms with Crippen LogP contribution in [-0.2, 0) is 31.3 Å². The van der Waals surface area contributed by atoms with Crippen LogP contribution in [0, 0.1) is 0 Å². The van der Waals surface area contributed by atoms with Crippen molar-refractivity contribution in [1.82, 2.24) is 4.57 Å². The van der Waals surface area contributed by atoms with Crippen LogP contribution in [0.1, 0.15) is 36.7 Å². The number of carbonyl (C=O) groups is 2. The maximum absolute atomic E-state index is 12.8. The fraction of sp³-hybridized carbons (Fsp3) is 0.318. The van der Waals surface area contributed by atoms with E-state index in [-0.39, 0.29) is 21.7 Å². The van der Waals surface area contributed by atoms with E-state index in [1.54, 1.807) is 22.8 Å². The molecule has 0 radical (unpaired) electrons. The molecule has 1 amide bonds. The van der Waals surface area contributed by atoms with Gasteiger partial charge in [-0.1, -0.05) is 44.2 Å². The largest absolute Gasteiger partial charge is 0.468 e. The van der Waals surface area contributed by atoms with Crippen LogP contribution in [0.4, 0.5) is 0 Å². The Hall–Kier alpha value is -2.78. The third-order valence-electron chi connectivity index (χ3n) is 4.79. The molecule has 0 unspecified atom stereocenters. The molecule has 0 N–H and O–H groups in total. The van der Waals surface area contributed by atoms with Gasteiger partial charge in [-0.25, -0.2) is 8.42 Å². The minimum Gasteiger partial charge on any atom is -0.468 e. The second-order valence-corrected chi connectivity index (χ2v) is 11.2. The van der Waals surface area contributed by atoms with Gasteiger partial charge in [0.2, 0.25) is 0 Å². The summed E-state index contributed by atoms with van der Waals surface area (Å²) < 4.78 is 30.7. The molecule has 0 aliphatic heterocycles. The summed E-state index contributed by atoms with van der Waals surface area (Å²) in [5.74, 6) is -0.954. The molecule has 3 aromatic rings. The van der Waals surface area contributed by atoms with Crippen molar-refractivity contribution in [3.63, 3.8) is 0 Å². The quantitative estimate of drug-likeness (QED) is 0.557. The van der Waals surface area contributed by atoms with Gasteiger partial charge in [0.05, 0.1) is 22.2 Å². The highest BCUT2D eigenvalue weighted by molar-refractivity contribution is 7.90. The lowest BCUT2D eigenvalue weighted by atomic mass is 9.87. The van der Waals surface area contributed by atoms with Crippen molar-refractivity contribution >= 4 is 43.3 Å². The topological polar surface area (TPSA) is 94.8 Å². The van der Waals surface area contributed by atoms with Crippen molar-refractivity contribution in [2.75, 3.05) is 13.4 Å². The van der Waals surface area contributed by atoms with E-state index in [2.05, 4.69) is 25.8 Å². The number of sulfone groups is 1. The monoisotopic (exact) mass is 460 g/mol. The number of amides is 1. The standard InChI is InChI=1S/C22H24N2O5S2/c1-22(2,3)15-8-6-14(7-9-15)20(26)23-21-24(13-19(25)29-4)17-11-10-16(31(5,27)28)12-18(17)30-21/h6-12H,13H2,1-5H3. The van der Waals surface area contributed by atoms with Crippen LogP contribution in [-0.4, -0.2) is 38.2 Å². The number of hydrogen-bond donors (Lipinski definition) is 0. The molecule has 0 fully saturated rings. The molecule has 3 rings (SSSR count). The van der Waals surface area contributed by atoms with E-state index in [0.717, 1.165) is 23.2 Å². The van der Waals surface area contributed by atoms with Gasteiger partial charge in [0, 0.05) is 11.8 Å². The summed E-state index contributed by atoms with van der Waals surface area (Å²) in [5.41, 5.74) is 2.08. The van der Waals surface area contributed by atoms with E-state index in [0.29, 0.717) is 15.8 Å². The lowest BCUT2D eigenvalue weighted by Gasteiger charge is -2.18. The molecule has 164 valence electrons. The first-order chi connectivity index (χ1) is 14.4. The van der Waals surface area contributed by atoms with Crippen LogP contribution in [0.25, 0.3) is 10.2 Å². The number of nitrogens with zero attached hydrogens (tertiary/aromatic N) is 2. The summed E-state index contributed by atoms with van der Waals surface area (Å²) in [6.07, 6.45) is 1.13. The summed E-state index contributed by atoms with van der Waals surface area (Å²) in [4.78, 5) is 29.4. The zero-order valence-electron chi connectivity index (χ0n) is 18.0. The molecule has 9 heteroatoms. The number of esters is 1. The highest BCUT2D eigenvalue weighted by Gasteiger charge is 2.17. The number of methoxy groups -OCH3 is 1. The Balaban J connectivity index is 2.12. The molecule has 0 atom stereocenters.